The van der Waals surface area contributed by atoms with Gasteiger partial charge in [0.15, 0.2) is 0 Å². The normalized spacial score (nSPS) is 10.5. The lowest BCUT2D eigenvalue weighted by molar-refractivity contribution is -0.149. The molecule has 0 heterocycles. The van der Waals surface area contributed by atoms with E-state index in [0.717, 1.165) is 12.8 Å². The Morgan fingerprint density at radius 1 is 1.31 bits per heavy atom. The SMILES string of the molecule is CCCOCC(=O)OCCC(C)C. The van der Waals surface area contributed by atoms with Crippen LogP contribution < -0.4 is 0 Å². The summed E-state index contributed by atoms with van der Waals surface area (Å²) in [6.45, 7) is 7.42. The monoisotopic (exact) mass is 188 g/mol. The largest absolute Gasteiger partial charge is 0.464 e. The second-order valence-corrected chi connectivity index (χ2v) is 3.46. The minimum absolute atomic E-state index is 0.0892. The second kappa shape index (κ2) is 8.05. The number of carbonyl (C=O) groups is 1. The second-order valence-electron chi connectivity index (χ2n) is 3.46. The molecule has 0 aliphatic rings. The maximum absolute atomic E-state index is 11.0. The summed E-state index contributed by atoms with van der Waals surface area (Å²) in [5.74, 6) is 0.318. The third kappa shape index (κ3) is 9.34. The highest BCUT2D eigenvalue weighted by molar-refractivity contribution is 5.70. The smallest absolute Gasteiger partial charge is 0.332 e. The number of rotatable bonds is 7. The van der Waals surface area contributed by atoms with E-state index in [9.17, 15) is 4.79 Å². The van der Waals surface area contributed by atoms with Gasteiger partial charge in [-0.15, -0.1) is 0 Å². The molecule has 0 aromatic carbocycles. The Morgan fingerprint density at radius 3 is 2.54 bits per heavy atom. The van der Waals surface area contributed by atoms with Crippen LogP contribution in [0.2, 0.25) is 0 Å². The fraction of sp³-hybridized carbons (Fsp3) is 0.900. The Bertz CT molecular complexity index is 132. The van der Waals surface area contributed by atoms with Crippen LogP contribution in [0.1, 0.15) is 33.6 Å². The Hall–Kier alpha value is -0.570. The van der Waals surface area contributed by atoms with Crippen molar-refractivity contribution in [2.45, 2.75) is 33.6 Å². The zero-order valence-corrected chi connectivity index (χ0v) is 8.84. The number of carbonyl (C=O) groups excluding carboxylic acids is 1. The summed E-state index contributed by atoms with van der Waals surface area (Å²) in [4.78, 5) is 11.0. The van der Waals surface area contributed by atoms with Crippen LogP contribution in [0.3, 0.4) is 0 Å². The molecule has 0 unspecified atom stereocenters. The summed E-state index contributed by atoms with van der Waals surface area (Å²) < 4.78 is 9.96. The first-order valence-electron chi connectivity index (χ1n) is 4.90. The van der Waals surface area contributed by atoms with E-state index >= 15 is 0 Å². The van der Waals surface area contributed by atoms with Gasteiger partial charge in [-0.2, -0.15) is 0 Å². The zero-order chi connectivity index (χ0) is 10.1. The van der Waals surface area contributed by atoms with Crippen molar-refractivity contribution in [2.24, 2.45) is 5.92 Å². The van der Waals surface area contributed by atoms with E-state index < -0.39 is 0 Å². The van der Waals surface area contributed by atoms with E-state index in [1.807, 2.05) is 6.92 Å². The van der Waals surface area contributed by atoms with Crippen molar-refractivity contribution in [1.29, 1.82) is 0 Å². The first-order chi connectivity index (χ1) is 6.16. The molecule has 0 rings (SSSR count). The molecule has 13 heavy (non-hydrogen) atoms. The molecule has 0 bridgehead atoms. The summed E-state index contributed by atoms with van der Waals surface area (Å²) in [6, 6.07) is 0. The fourth-order valence-corrected chi connectivity index (χ4v) is 0.750. The van der Waals surface area contributed by atoms with Crippen LogP contribution in [-0.4, -0.2) is 25.8 Å². The Labute approximate surface area is 80.4 Å². The van der Waals surface area contributed by atoms with Gasteiger partial charge in [0.25, 0.3) is 0 Å². The Balaban J connectivity index is 3.20. The van der Waals surface area contributed by atoms with Crippen molar-refractivity contribution in [1.82, 2.24) is 0 Å². The molecule has 0 saturated heterocycles. The van der Waals surface area contributed by atoms with Crippen LogP contribution in [-0.2, 0) is 14.3 Å². The van der Waals surface area contributed by atoms with Crippen molar-refractivity contribution in [3.8, 4) is 0 Å². The van der Waals surface area contributed by atoms with Gasteiger partial charge in [0.1, 0.15) is 6.61 Å². The topological polar surface area (TPSA) is 35.5 Å². The van der Waals surface area contributed by atoms with Gasteiger partial charge in [0.05, 0.1) is 6.61 Å². The van der Waals surface area contributed by atoms with E-state index in [1.54, 1.807) is 0 Å². The highest BCUT2D eigenvalue weighted by Gasteiger charge is 2.02. The summed E-state index contributed by atoms with van der Waals surface area (Å²) in [5, 5.41) is 0. The molecule has 0 atom stereocenters. The third-order valence-electron chi connectivity index (χ3n) is 1.53. The molecule has 0 aliphatic heterocycles. The summed E-state index contributed by atoms with van der Waals surface area (Å²) >= 11 is 0. The first-order valence-corrected chi connectivity index (χ1v) is 4.90. The Kier molecular flexibility index (Phi) is 7.69. The molecule has 0 N–H and O–H groups in total. The Morgan fingerprint density at radius 2 is 2.00 bits per heavy atom. The van der Waals surface area contributed by atoms with Gasteiger partial charge in [-0.1, -0.05) is 20.8 Å². The van der Waals surface area contributed by atoms with E-state index in [0.29, 0.717) is 19.1 Å². The van der Waals surface area contributed by atoms with Gasteiger partial charge in [0.2, 0.25) is 0 Å². The molecule has 0 radical (unpaired) electrons. The summed E-state index contributed by atoms with van der Waals surface area (Å²) in [6.07, 6.45) is 1.85. The zero-order valence-electron chi connectivity index (χ0n) is 8.84. The van der Waals surface area contributed by atoms with Gasteiger partial charge < -0.3 is 9.47 Å². The number of hydrogen-bond acceptors (Lipinski definition) is 3. The molecule has 0 aromatic rings. The third-order valence-corrected chi connectivity index (χ3v) is 1.53. The molecule has 3 nitrogen and oxygen atoms in total. The molecule has 0 spiro atoms. The van der Waals surface area contributed by atoms with Crippen LogP contribution in [0.5, 0.6) is 0 Å². The molecular formula is C10H20O3. The van der Waals surface area contributed by atoms with Crippen LogP contribution in [0.4, 0.5) is 0 Å². The van der Waals surface area contributed by atoms with Crippen molar-refractivity contribution < 1.29 is 14.3 Å². The average molecular weight is 188 g/mol. The van der Waals surface area contributed by atoms with E-state index in [2.05, 4.69) is 13.8 Å². The summed E-state index contributed by atoms with van der Waals surface area (Å²) in [7, 11) is 0. The molecular weight excluding hydrogens is 168 g/mol. The molecule has 0 aromatic heterocycles. The van der Waals surface area contributed by atoms with Gasteiger partial charge in [-0.25, -0.2) is 4.79 Å². The minimum atomic E-state index is -0.255. The van der Waals surface area contributed by atoms with Crippen LogP contribution >= 0.6 is 0 Å². The van der Waals surface area contributed by atoms with E-state index in [4.69, 9.17) is 9.47 Å². The molecule has 0 saturated carbocycles. The van der Waals surface area contributed by atoms with Gasteiger partial charge in [-0.3, -0.25) is 0 Å². The highest BCUT2D eigenvalue weighted by Crippen LogP contribution is 1.98. The van der Waals surface area contributed by atoms with E-state index in [1.165, 1.54) is 0 Å². The maximum atomic E-state index is 11.0. The highest BCUT2D eigenvalue weighted by atomic mass is 16.6. The maximum Gasteiger partial charge on any atom is 0.332 e. The lowest BCUT2D eigenvalue weighted by Crippen LogP contribution is -2.14. The molecule has 0 aliphatic carbocycles. The van der Waals surface area contributed by atoms with Crippen molar-refractivity contribution >= 4 is 5.97 Å². The molecule has 0 amide bonds. The van der Waals surface area contributed by atoms with Gasteiger partial charge in [0, 0.05) is 6.61 Å². The van der Waals surface area contributed by atoms with E-state index in [-0.39, 0.29) is 12.6 Å². The van der Waals surface area contributed by atoms with Crippen molar-refractivity contribution in [3.63, 3.8) is 0 Å². The molecule has 0 fully saturated rings. The lowest BCUT2D eigenvalue weighted by atomic mass is 10.1. The van der Waals surface area contributed by atoms with Crippen molar-refractivity contribution in [2.75, 3.05) is 19.8 Å². The van der Waals surface area contributed by atoms with Crippen LogP contribution in [0, 0.1) is 5.92 Å². The van der Waals surface area contributed by atoms with Crippen LogP contribution in [0.15, 0.2) is 0 Å². The average Bonchev–Trinajstić information content (AvgIpc) is 2.04. The molecule has 78 valence electrons. The van der Waals surface area contributed by atoms with Crippen molar-refractivity contribution in [3.05, 3.63) is 0 Å². The first kappa shape index (κ1) is 12.4. The standard InChI is InChI=1S/C10H20O3/c1-4-6-12-8-10(11)13-7-5-9(2)3/h9H,4-8H2,1-3H3. The number of ether oxygens (including phenoxy) is 2. The quantitative estimate of drug-likeness (QED) is 0.453. The minimum Gasteiger partial charge on any atom is -0.464 e. The van der Waals surface area contributed by atoms with Crippen LogP contribution in [0.25, 0.3) is 0 Å². The predicted octanol–water partition coefficient (Wildman–Crippen LogP) is 2.00. The lowest BCUT2D eigenvalue weighted by Gasteiger charge is -2.06. The van der Waals surface area contributed by atoms with Gasteiger partial charge >= 0.3 is 5.97 Å². The predicted molar refractivity (Wildman–Crippen MR) is 51.5 cm³/mol. The summed E-state index contributed by atoms with van der Waals surface area (Å²) in [5.41, 5.74) is 0. The fourth-order valence-electron chi connectivity index (χ4n) is 0.750. The number of esters is 1. The molecule has 3 heteroatoms. The number of hydrogen-bond donors (Lipinski definition) is 0. The van der Waals surface area contributed by atoms with Gasteiger partial charge in [-0.05, 0) is 18.8 Å².